The number of halogens is 3. The summed E-state index contributed by atoms with van der Waals surface area (Å²) in [6.45, 7) is 3.57. The second-order valence-electron chi connectivity index (χ2n) is 9.92. The Kier molecular flexibility index (Phi) is 10.4. The maximum Gasteiger partial charge on any atom is 0.271 e. The number of aryl methyl sites for hydroxylation is 2. The highest BCUT2D eigenvalue weighted by molar-refractivity contribution is 7.14. The quantitative estimate of drug-likeness (QED) is 0.101. The molecule has 0 spiro atoms. The first-order valence-corrected chi connectivity index (χ1v) is 15.6. The van der Waals surface area contributed by atoms with Crippen LogP contribution in [0.15, 0.2) is 89.3 Å². The number of anilines is 3. The van der Waals surface area contributed by atoms with Crippen molar-refractivity contribution in [3.63, 3.8) is 0 Å². The fourth-order valence-corrected chi connectivity index (χ4v) is 5.61. The van der Waals surface area contributed by atoms with Gasteiger partial charge in [-0.15, -0.1) is 11.3 Å². The lowest BCUT2D eigenvalue weighted by molar-refractivity contribution is -0.118. The van der Waals surface area contributed by atoms with E-state index in [0.29, 0.717) is 21.8 Å². The van der Waals surface area contributed by atoms with E-state index in [1.54, 1.807) is 36.4 Å². The second kappa shape index (κ2) is 14.6. The summed E-state index contributed by atoms with van der Waals surface area (Å²) in [4.78, 5) is 29.7. The van der Waals surface area contributed by atoms with E-state index in [0.717, 1.165) is 33.2 Å². The van der Waals surface area contributed by atoms with Crippen LogP contribution in [-0.2, 0) is 4.79 Å². The normalized spacial score (nSPS) is 11.0. The second-order valence-corrected chi connectivity index (χ2v) is 12.0. The molecule has 8 nitrogen and oxygen atoms in total. The number of carbonyl (C=O) groups excluding carboxylic acids is 2. The van der Waals surface area contributed by atoms with Crippen LogP contribution in [0.5, 0.6) is 5.75 Å². The minimum Gasteiger partial charge on any atom is -0.481 e. The molecule has 3 N–H and O–H groups in total. The number of rotatable bonds is 10. The summed E-state index contributed by atoms with van der Waals surface area (Å²) in [6.07, 6.45) is 1.41. The third-order valence-electron chi connectivity index (χ3n) is 6.46. The van der Waals surface area contributed by atoms with E-state index in [-0.39, 0.29) is 28.3 Å². The number of hydrazone groups is 1. The molecule has 0 unspecified atom stereocenters. The summed E-state index contributed by atoms with van der Waals surface area (Å²) < 4.78 is 5.60. The number of nitrogens with one attached hydrogen (secondary N) is 3. The van der Waals surface area contributed by atoms with Crippen molar-refractivity contribution in [3.05, 3.63) is 122 Å². The van der Waals surface area contributed by atoms with Crippen molar-refractivity contribution in [1.82, 2.24) is 10.4 Å². The van der Waals surface area contributed by atoms with Gasteiger partial charge in [-0.25, -0.2) is 10.4 Å². The fraction of sp³-hybridized carbons (Fsp3) is 0.0909. The fourth-order valence-electron chi connectivity index (χ4n) is 4.13. The summed E-state index contributed by atoms with van der Waals surface area (Å²) in [6, 6.07) is 23.3. The molecule has 0 atom stereocenters. The molecule has 5 aromatic rings. The SMILES string of the molecule is Cc1ccc(C)c(NC(=O)COc2c(Cl)cc(/C=N\NC(=O)c3ccc(-c4csc(Nc5ccc(Cl)cc5)n4)cc3)cc2Cl)c1. The van der Waals surface area contributed by atoms with Gasteiger partial charge in [-0.05, 0) is 85.1 Å². The lowest BCUT2D eigenvalue weighted by atomic mass is 10.1. The number of aromatic nitrogens is 1. The molecule has 0 saturated heterocycles. The first-order chi connectivity index (χ1) is 21.6. The van der Waals surface area contributed by atoms with Crippen molar-refractivity contribution in [3.8, 4) is 17.0 Å². The number of hydrogen-bond donors (Lipinski definition) is 3. The molecule has 5 rings (SSSR count). The van der Waals surface area contributed by atoms with Crippen molar-refractivity contribution in [1.29, 1.82) is 0 Å². The van der Waals surface area contributed by atoms with Gasteiger partial charge in [-0.1, -0.05) is 59.1 Å². The zero-order valence-corrected chi connectivity index (χ0v) is 27.1. The van der Waals surface area contributed by atoms with E-state index in [1.807, 2.05) is 61.7 Å². The Balaban J connectivity index is 1.14. The van der Waals surface area contributed by atoms with Gasteiger partial charge in [0.05, 0.1) is 22.0 Å². The average Bonchev–Trinajstić information content (AvgIpc) is 3.48. The van der Waals surface area contributed by atoms with Crippen LogP contribution in [0, 0.1) is 13.8 Å². The van der Waals surface area contributed by atoms with E-state index >= 15 is 0 Å². The van der Waals surface area contributed by atoms with E-state index in [1.165, 1.54) is 17.6 Å². The van der Waals surface area contributed by atoms with Gasteiger partial charge in [0, 0.05) is 32.9 Å². The van der Waals surface area contributed by atoms with Crippen molar-refractivity contribution >= 4 is 80.7 Å². The molecule has 0 aliphatic rings. The molecule has 0 saturated carbocycles. The number of carbonyl (C=O) groups is 2. The topological polar surface area (TPSA) is 105 Å². The summed E-state index contributed by atoms with van der Waals surface area (Å²) in [5, 5.41) is 13.8. The first kappa shape index (κ1) is 32.0. The summed E-state index contributed by atoms with van der Waals surface area (Å²) in [7, 11) is 0. The van der Waals surface area contributed by atoms with Gasteiger partial charge in [0.15, 0.2) is 17.5 Å². The molecule has 1 heterocycles. The molecule has 45 heavy (non-hydrogen) atoms. The van der Waals surface area contributed by atoms with Gasteiger partial charge < -0.3 is 15.4 Å². The number of benzene rings is 4. The molecule has 0 aliphatic carbocycles. The Labute approximate surface area is 279 Å². The predicted molar refractivity (Wildman–Crippen MR) is 184 cm³/mol. The first-order valence-electron chi connectivity index (χ1n) is 13.6. The van der Waals surface area contributed by atoms with E-state index in [9.17, 15) is 9.59 Å². The predicted octanol–water partition coefficient (Wildman–Crippen LogP) is 8.91. The summed E-state index contributed by atoms with van der Waals surface area (Å²) in [5.41, 5.74) is 8.65. The van der Waals surface area contributed by atoms with Crippen molar-refractivity contribution < 1.29 is 14.3 Å². The largest absolute Gasteiger partial charge is 0.481 e. The molecule has 4 aromatic carbocycles. The minimum atomic E-state index is -0.395. The zero-order valence-electron chi connectivity index (χ0n) is 24.0. The van der Waals surface area contributed by atoms with Crippen LogP contribution in [0.3, 0.4) is 0 Å². The van der Waals surface area contributed by atoms with Gasteiger partial charge in [0.25, 0.3) is 11.8 Å². The van der Waals surface area contributed by atoms with Crippen LogP contribution in [0.4, 0.5) is 16.5 Å². The molecular weight excluding hydrogens is 653 g/mol. The molecule has 228 valence electrons. The summed E-state index contributed by atoms with van der Waals surface area (Å²) >= 11 is 20.2. The summed E-state index contributed by atoms with van der Waals surface area (Å²) in [5.74, 6) is -0.573. The smallest absolute Gasteiger partial charge is 0.271 e. The van der Waals surface area contributed by atoms with Crippen LogP contribution in [-0.4, -0.2) is 29.6 Å². The highest BCUT2D eigenvalue weighted by Gasteiger charge is 2.13. The van der Waals surface area contributed by atoms with Crippen molar-refractivity contribution in [2.45, 2.75) is 13.8 Å². The maximum absolute atomic E-state index is 12.7. The van der Waals surface area contributed by atoms with E-state index < -0.39 is 5.91 Å². The van der Waals surface area contributed by atoms with Crippen LogP contribution >= 0.6 is 46.1 Å². The van der Waals surface area contributed by atoms with Crippen molar-refractivity contribution in [2.24, 2.45) is 5.10 Å². The average molecular weight is 679 g/mol. The Morgan fingerprint density at radius 3 is 2.36 bits per heavy atom. The maximum atomic E-state index is 12.7. The molecule has 0 radical (unpaired) electrons. The van der Waals surface area contributed by atoms with Gasteiger partial charge in [-0.2, -0.15) is 5.10 Å². The standard InChI is InChI=1S/C33H26Cl3N5O3S/c1-19-3-4-20(2)28(13-19)39-30(42)17-44-31-26(35)14-21(15-27(31)36)16-37-41-32(43)23-7-5-22(6-8-23)29-18-45-33(40-29)38-25-11-9-24(34)10-12-25/h3-16,18H,17H2,1-2H3,(H,38,40)(H,39,42)(H,41,43)/b37-16-. The van der Waals surface area contributed by atoms with Crippen LogP contribution in [0.2, 0.25) is 15.1 Å². The number of nitrogens with zero attached hydrogens (tertiary/aromatic N) is 2. The number of thiazole rings is 1. The minimum absolute atomic E-state index is 0.170. The molecule has 0 aliphatic heterocycles. The molecule has 0 fully saturated rings. The Morgan fingerprint density at radius 1 is 0.933 bits per heavy atom. The Hall–Kier alpha value is -4.41. The number of ether oxygens (including phenoxy) is 1. The van der Waals surface area contributed by atoms with E-state index in [2.05, 4.69) is 26.1 Å². The van der Waals surface area contributed by atoms with Gasteiger partial charge in [0.2, 0.25) is 0 Å². The highest BCUT2D eigenvalue weighted by atomic mass is 35.5. The molecule has 0 bridgehead atoms. The monoisotopic (exact) mass is 677 g/mol. The van der Waals surface area contributed by atoms with Crippen LogP contribution in [0.25, 0.3) is 11.3 Å². The van der Waals surface area contributed by atoms with Crippen molar-refractivity contribution in [2.75, 3.05) is 17.2 Å². The molecular formula is C33H26Cl3N5O3S. The highest BCUT2D eigenvalue weighted by Crippen LogP contribution is 2.34. The molecule has 12 heteroatoms. The third-order valence-corrected chi connectivity index (χ3v) is 8.03. The van der Waals surface area contributed by atoms with Gasteiger partial charge in [-0.3, -0.25) is 9.59 Å². The molecule has 2 amide bonds. The number of amides is 2. The Morgan fingerprint density at radius 2 is 1.64 bits per heavy atom. The molecule has 1 aromatic heterocycles. The number of hydrogen-bond acceptors (Lipinski definition) is 7. The van der Waals surface area contributed by atoms with Crippen LogP contribution in [0.1, 0.15) is 27.0 Å². The lowest BCUT2D eigenvalue weighted by Crippen LogP contribution is -2.21. The Bertz CT molecular complexity index is 1850. The van der Waals surface area contributed by atoms with Gasteiger partial charge in [0.1, 0.15) is 0 Å². The van der Waals surface area contributed by atoms with Crippen LogP contribution < -0.4 is 20.8 Å². The third kappa shape index (κ3) is 8.61. The van der Waals surface area contributed by atoms with E-state index in [4.69, 9.17) is 39.5 Å². The zero-order chi connectivity index (χ0) is 31.9. The lowest BCUT2D eigenvalue weighted by Gasteiger charge is -2.12. The van der Waals surface area contributed by atoms with Gasteiger partial charge >= 0.3 is 0 Å².